The van der Waals surface area contributed by atoms with Crippen molar-refractivity contribution < 1.29 is 29.0 Å². The second kappa shape index (κ2) is 11.0. The quantitative estimate of drug-likeness (QED) is 0.135. The van der Waals surface area contributed by atoms with Crippen molar-refractivity contribution in [1.29, 1.82) is 0 Å². The topological polar surface area (TPSA) is 106 Å². The molecule has 1 saturated heterocycles. The average molecular weight is 533 g/mol. The number of ether oxygens (including phenoxy) is 2. The number of rotatable bonds is 8. The van der Waals surface area contributed by atoms with Gasteiger partial charge in [-0.25, -0.2) is 9.78 Å². The summed E-state index contributed by atoms with van der Waals surface area (Å²) < 4.78 is 10.7. The summed E-state index contributed by atoms with van der Waals surface area (Å²) in [6, 6.07) is 11.5. The van der Waals surface area contributed by atoms with Gasteiger partial charge in [0.2, 0.25) is 0 Å². The van der Waals surface area contributed by atoms with Crippen LogP contribution in [0, 0.1) is 20.8 Å². The minimum absolute atomic E-state index is 0.0627. The molecule has 0 radical (unpaired) electrons. The molecule has 4 rings (SSSR count). The number of ketones is 1. The van der Waals surface area contributed by atoms with E-state index in [0.29, 0.717) is 34.7 Å². The molecule has 0 bridgehead atoms. The summed E-state index contributed by atoms with van der Waals surface area (Å²) in [6.45, 7) is 11.2. The summed E-state index contributed by atoms with van der Waals surface area (Å²) in [7, 11) is 0. The van der Waals surface area contributed by atoms with Crippen molar-refractivity contribution in [3.05, 3.63) is 93.5 Å². The molecule has 3 aromatic rings. The number of carbonyl (C=O) groups is 3. The van der Waals surface area contributed by atoms with E-state index in [1.54, 1.807) is 57.2 Å². The van der Waals surface area contributed by atoms with Crippen LogP contribution in [0.4, 0.5) is 5.13 Å². The van der Waals surface area contributed by atoms with E-state index in [4.69, 9.17) is 9.47 Å². The SMILES string of the molecule is C=CCOc1ccc(C(O)=C2C(=O)C(=O)N(c3nc(C)c(C(=O)OCC)s3)[C@H]2c2ccc(C)cc2)c(C)c1. The fraction of sp³-hybridized carbons (Fsp3) is 0.241. The highest BCUT2D eigenvalue weighted by Crippen LogP contribution is 2.44. The average Bonchev–Trinajstić information content (AvgIpc) is 3.39. The normalized spacial score (nSPS) is 16.5. The Kier molecular flexibility index (Phi) is 7.78. The predicted octanol–water partition coefficient (Wildman–Crippen LogP) is 5.44. The van der Waals surface area contributed by atoms with Gasteiger partial charge in [-0.15, -0.1) is 0 Å². The molecule has 1 atom stereocenters. The minimum atomic E-state index is -0.952. The van der Waals surface area contributed by atoms with Crippen LogP contribution in [0.1, 0.15) is 50.6 Å². The highest BCUT2D eigenvalue weighted by Gasteiger charge is 2.48. The van der Waals surface area contributed by atoms with Crippen molar-refractivity contribution in [3.8, 4) is 5.75 Å². The third-order valence-corrected chi connectivity index (χ3v) is 7.25. The van der Waals surface area contributed by atoms with Crippen molar-refractivity contribution in [1.82, 2.24) is 4.98 Å². The predicted molar refractivity (Wildman–Crippen MR) is 146 cm³/mol. The molecule has 0 aliphatic carbocycles. The monoisotopic (exact) mass is 532 g/mol. The summed E-state index contributed by atoms with van der Waals surface area (Å²) in [6.07, 6.45) is 1.62. The fourth-order valence-electron chi connectivity index (χ4n) is 4.26. The molecule has 1 aliphatic heterocycles. The zero-order chi connectivity index (χ0) is 27.6. The largest absolute Gasteiger partial charge is 0.507 e. The van der Waals surface area contributed by atoms with Crippen LogP contribution in [0.15, 0.2) is 60.7 Å². The molecule has 2 aromatic carbocycles. The van der Waals surface area contributed by atoms with Crippen LogP contribution in [0.25, 0.3) is 5.76 Å². The van der Waals surface area contributed by atoms with Gasteiger partial charge in [0, 0.05) is 5.56 Å². The Morgan fingerprint density at radius 1 is 1.16 bits per heavy atom. The van der Waals surface area contributed by atoms with Crippen molar-refractivity contribution in [2.45, 2.75) is 33.7 Å². The van der Waals surface area contributed by atoms with Gasteiger partial charge >= 0.3 is 11.9 Å². The van der Waals surface area contributed by atoms with Crippen LogP contribution >= 0.6 is 11.3 Å². The van der Waals surface area contributed by atoms with Crippen molar-refractivity contribution in [2.75, 3.05) is 18.1 Å². The second-order valence-corrected chi connectivity index (χ2v) is 9.77. The van der Waals surface area contributed by atoms with Crippen LogP contribution in [0.5, 0.6) is 5.75 Å². The van der Waals surface area contributed by atoms with Crippen LogP contribution < -0.4 is 9.64 Å². The lowest BCUT2D eigenvalue weighted by molar-refractivity contribution is -0.132. The van der Waals surface area contributed by atoms with Gasteiger partial charge in [-0.1, -0.05) is 53.8 Å². The first-order valence-electron chi connectivity index (χ1n) is 12.0. The Balaban J connectivity index is 1.88. The number of aryl methyl sites for hydroxylation is 3. The summed E-state index contributed by atoms with van der Waals surface area (Å²) in [5.74, 6) is -1.95. The maximum Gasteiger partial charge on any atom is 0.350 e. The number of amides is 1. The van der Waals surface area contributed by atoms with Gasteiger partial charge in [0.25, 0.3) is 5.78 Å². The van der Waals surface area contributed by atoms with Gasteiger partial charge in [0.1, 0.15) is 23.0 Å². The lowest BCUT2D eigenvalue weighted by atomic mass is 9.93. The summed E-state index contributed by atoms with van der Waals surface area (Å²) in [5.41, 5.74) is 2.99. The molecule has 0 saturated carbocycles. The first-order chi connectivity index (χ1) is 18.2. The Labute approximate surface area is 224 Å². The number of nitrogens with zero attached hydrogens (tertiary/aromatic N) is 2. The number of aliphatic hydroxyl groups excluding tert-OH is 1. The number of anilines is 1. The number of aromatic nitrogens is 1. The zero-order valence-corrected chi connectivity index (χ0v) is 22.4. The molecule has 1 fully saturated rings. The van der Waals surface area contributed by atoms with Gasteiger partial charge in [-0.2, -0.15) is 0 Å². The molecule has 9 heteroatoms. The van der Waals surface area contributed by atoms with Gasteiger partial charge in [-0.05, 0) is 57.0 Å². The van der Waals surface area contributed by atoms with Crippen LogP contribution in [-0.4, -0.2) is 41.0 Å². The molecule has 1 N–H and O–H groups in total. The van der Waals surface area contributed by atoms with Gasteiger partial charge in [-0.3, -0.25) is 14.5 Å². The Morgan fingerprint density at radius 3 is 2.50 bits per heavy atom. The maximum absolute atomic E-state index is 13.4. The molecule has 196 valence electrons. The van der Waals surface area contributed by atoms with E-state index in [1.807, 2.05) is 19.1 Å². The van der Waals surface area contributed by atoms with E-state index in [2.05, 4.69) is 11.6 Å². The van der Waals surface area contributed by atoms with E-state index in [9.17, 15) is 19.5 Å². The number of Topliss-reactive ketones (excluding diaryl/α,β-unsaturated/α-hetero) is 1. The lowest BCUT2D eigenvalue weighted by Crippen LogP contribution is -2.29. The number of esters is 1. The fourth-order valence-corrected chi connectivity index (χ4v) is 5.24. The summed E-state index contributed by atoms with van der Waals surface area (Å²) >= 11 is 0.973. The molecule has 1 aliphatic rings. The van der Waals surface area contributed by atoms with E-state index in [1.165, 1.54) is 4.90 Å². The molecular formula is C29H28N2O6S. The third kappa shape index (κ3) is 4.97. The molecule has 1 aromatic heterocycles. The van der Waals surface area contributed by atoms with E-state index in [0.717, 1.165) is 16.9 Å². The highest BCUT2D eigenvalue weighted by molar-refractivity contribution is 7.17. The number of benzene rings is 2. The van der Waals surface area contributed by atoms with Crippen molar-refractivity contribution in [2.24, 2.45) is 0 Å². The molecule has 0 spiro atoms. The van der Waals surface area contributed by atoms with Crippen molar-refractivity contribution >= 4 is 39.9 Å². The Morgan fingerprint density at radius 2 is 1.87 bits per heavy atom. The van der Waals surface area contributed by atoms with Crippen LogP contribution in [0.3, 0.4) is 0 Å². The first-order valence-corrected chi connectivity index (χ1v) is 12.9. The van der Waals surface area contributed by atoms with E-state index < -0.39 is 23.7 Å². The number of aliphatic hydroxyl groups is 1. The molecule has 0 unspecified atom stereocenters. The molecule has 8 nitrogen and oxygen atoms in total. The Bertz CT molecular complexity index is 1450. The number of hydrogen-bond donors (Lipinski definition) is 1. The van der Waals surface area contributed by atoms with Gasteiger partial charge < -0.3 is 14.6 Å². The van der Waals surface area contributed by atoms with Crippen molar-refractivity contribution in [3.63, 3.8) is 0 Å². The number of carbonyl (C=O) groups excluding carboxylic acids is 3. The van der Waals surface area contributed by atoms with Gasteiger partial charge in [0.05, 0.1) is 23.9 Å². The third-order valence-electron chi connectivity index (χ3n) is 6.11. The molecule has 38 heavy (non-hydrogen) atoms. The number of thiazole rings is 1. The minimum Gasteiger partial charge on any atom is -0.507 e. The summed E-state index contributed by atoms with van der Waals surface area (Å²) in [5, 5.41) is 11.6. The second-order valence-electron chi connectivity index (χ2n) is 8.79. The standard InChI is InChI=1S/C29H28N2O6S/c1-6-14-37-20-12-13-21(17(4)15-20)24(32)22-23(19-10-8-16(3)9-11-19)31(27(34)25(22)33)29-30-18(5)26(38-29)28(35)36-7-2/h6,8-13,15,23,32H,1,7,14H2,2-5H3/t23-/m0/s1. The highest BCUT2D eigenvalue weighted by atomic mass is 32.1. The lowest BCUT2D eigenvalue weighted by Gasteiger charge is -2.23. The Hall–Kier alpha value is -4.24. The summed E-state index contributed by atoms with van der Waals surface area (Å²) in [4.78, 5) is 45.2. The van der Waals surface area contributed by atoms with E-state index >= 15 is 0 Å². The smallest absolute Gasteiger partial charge is 0.350 e. The van der Waals surface area contributed by atoms with E-state index in [-0.39, 0.29) is 27.9 Å². The zero-order valence-electron chi connectivity index (χ0n) is 21.6. The van der Waals surface area contributed by atoms with Gasteiger partial charge in [0.15, 0.2) is 5.13 Å². The maximum atomic E-state index is 13.4. The molecule has 2 heterocycles. The van der Waals surface area contributed by atoms with Crippen LogP contribution in [0.2, 0.25) is 0 Å². The van der Waals surface area contributed by atoms with Crippen LogP contribution in [-0.2, 0) is 14.3 Å². The first kappa shape index (κ1) is 26.8. The number of hydrogen-bond acceptors (Lipinski definition) is 8. The molecular weight excluding hydrogens is 504 g/mol. The molecule has 1 amide bonds.